The number of piperidine rings is 1. The Morgan fingerprint density at radius 3 is 2.66 bits per heavy atom. The van der Waals surface area contributed by atoms with Crippen LogP contribution in [-0.2, 0) is 0 Å². The van der Waals surface area contributed by atoms with Gasteiger partial charge in [-0.3, -0.25) is 4.79 Å². The van der Waals surface area contributed by atoms with E-state index in [1.807, 2.05) is 44.9 Å². The third-order valence-corrected chi connectivity index (χ3v) is 5.87. The number of aromatic nitrogens is 2. The van der Waals surface area contributed by atoms with Crippen molar-refractivity contribution in [1.29, 1.82) is 0 Å². The number of rotatable bonds is 5. The number of likely N-dealkylation sites (tertiary alicyclic amines) is 1. The van der Waals surface area contributed by atoms with Gasteiger partial charge in [0, 0.05) is 18.7 Å². The summed E-state index contributed by atoms with van der Waals surface area (Å²) >= 11 is 0. The fourth-order valence-corrected chi connectivity index (χ4v) is 4.23. The molecule has 154 valence electrons. The molecule has 0 spiro atoms. The Morgan fingerprint density at radius 2 is 2.00 bits per heavy atom. The lowest BCUT2D eigenvalue weighted by molar-refractivity contribution is 0.0689. The van der Waals surface area contributed by atoms with E-state index in [0.717, 1.165) is 56.0 Å². The molecule has 3 aromatic rings. The SMILES string of the molecule is CNCCC1CCN(C(=O)c2cc(-c3cc(C)oc3C)nc3onc(C)c23)CC1. The summed E-state index contributed by atoms with van der Waals surface area (Å²) in [6.07, 6.45) is 3.24. The second-order valence-corrected chi connectivity index (χ2v) is 7.96. The highest BCUT2D eigenvalue weighted by molar-refractivity contribution is 6.07. The molecular formula is C22H28N4O3. The number of pyridine rings is 1. The Labute approximate surface area is 170 Å². The molecule has 0 saturated carbocycles. The summed E-state index contributed by atoms with van der Waals surface area (Å²) < 4.78 is 11.1. The van der Waals surface area contributed by atoms with Crippen molar-refractivity contribution in [1.82, 2.24) is 20.4 Å². The highest BCUT2D eigenvalue weighted by Gasteiger charge is 2.27. The van der Waals surface area contributed by atoms with Crippen LogP contribution in [0.1, 0.15) is 46.8 Å². The van der Waals surface area contributed by atoms with Gasteiger partial charge < -0.3 is 19.2 Å². The van der Waals surface area contributed by atoms with Gasteiger partial charge in [0.15, 0.2) is 0 Å². The maximum Gasteiger partial charge on any atom is 0.259 e. The van der Waals surface area contributed by atoms with Crippen LogP contribution in [0, 0.1) is 26.7 Å². The molecule has 1 fully saturated rings. The maximum absolute atomic E-state index is 13.5. The Bertz CT molecular complexity index is 1030. The maximum atomic E-state index is 13.5. The third-order valence-electron chi connectivity index (χ3n) is 5.87. The Balaban J connectivity index is 1.66. The van der Waals surface area contributed by atoms with Crippen molar-refractivity contribution >= 4 is 17.0 Å². The number of nitrogens with one attached hydrogen (secondary N) is 1. The molecule has 0 radical (unpaired) electrons. The largest absolute Gasteiger partial charge is 0.466 e. The predicted molar refractivity (Wildman–Crippen MR) is 111 cm³/mol. The van der Waals surface area contributed by atoms with E-state index in [4.69, 9.17) is 8.94 Å². The van der Waals surface area contributed by atoms with Crippen LogP contribution in [0.5, 0.6) is 0 Å². The van der Waals surface area contributed by atoms with Crippen LogP contribution in [0.15, 0.2) is 21.1 Å². The molecule has 0 atom stereocenters. The van der Waals surface area contributed by atoms with Crippen molar-refractivity contribution in [2.24, 2.45) is 5.92 Å². The number of carbonyl (C=O) groups excluding carboxylic acids is 1. The van der Waals surface area contributed by atoms with Gasteiger partial charge in [-0.05, 0) is 71.7 Å². The van der Waals surface area contributed by atoms with Crippen molar-refractivity contribution in [3.05, 3.63) is 34.9 Å². The minimum Gasteiger partial charge on any atom is -0.466 e. The summed E-state index contributed by atoms with van der Waals surface area (Å²) in [5, 5.41) is 7.97. The van der Waals surface area contributed by atoms with E-state index < -0.39 is 0 Å². The van der Waals surface area contributed by atoms with Crippen LogP contribution in [0.2, 0.25) is 0 Å². The number of hydrogen-bond donors (Lipinski definition) is 1. The van der Waals surface area contributed by atoms with Crippen LogP contribution >= 0.6 is 0 Å². The van der Waals surface area contributed by atoms with E-state index in [1.54, 1.807) is 0 Å². The molecule has 0 bridgehead atoms. The molecule has 7 heteroatoms. The summed E-state index contributed by atoms with van der Waals surface area (Å²) in [6, 6.07) is 3.80. The highest BCUT2D eigenvalue weighted by atomic mass is 16.5. The first-order chi connectivity index (χ1) is 14.0. The molecule has 7 nitrogen and oxygen atoms in total. The van der Waals surface area contributed by atoms with Crippen molar-refractivity contribution in [2.75, 3.05) is 26.7 Å². The van der Waals surface area contributed by atoms with E-state index in [2.05, 4.69) is 15.5 Å². The topological polar surface area (TPSA) is 84.4 Å². The molecule has 1 amide bonds. The molecule has 4 heterocycles. The summed E-state index contributed by atoms with van der Waals surface area (Å²) in [4.78, 5) is 20.0. The number of amides is 1. The normalized spacial score (nSPS) is 15.4. The second kappa shape index (κ2) is 7.99. The van der Waals surface area contributed by atoms with E-state index in [1.165, 1.54) is 0 Å². The lowest BCUT2D eigenvalue weighted by Gasteiger charge is -2.32. The quantitative estimate of drug-likeness (QED) is 0.705. The van der Waals surface area contributed by atoms with Gasteiger partial charge in [0.1, 0.15) is 11.5 Å². The van der Waals surface area contributed by atoms with E-state index in [0.29, 0.717) is 34.0 Å². The van der Waals surface area contributed by atoms with Crippen molar-refractivity contribution in [3.63, 3.8) is 0 Å². The first kappa shape index (κ1) is 19.6. The Hall–Kier alpha value is -2.67. The Kier molecular flexibility index (Phi) is 5.41. The van der Waals surface area contributed by atoms with Crippen molar-refractivity contribution < 1.29 is 13.7 Å². The van der Waals surface area contributed by atoms with Crippen LogP contribution in [-0.4, -0.2) is 47.6 Å². The molecule has 29 heavy (non-hydrogen) atoms. The molecule has 0 unspecified atom stereocenters. The average Bonchev–Trinajstić information content (AvgIpc) is 3.27. The second-order valence-electron chi connectivity index (χ2n) is 7.96. The molecule has 4 rings (SSSR count). The summed E-state index contributed by atoms with van der Waals surface area (Å²) in [7, 11) is 1.98. The molecule has 1 N–H and O–H groups in total. The van der Waals surface area contributed by atoms with Crippen molar-refractivity contribution in [2.45, 2.75) is 40.0 Å². The fraction of sp³-hybridized carbons (Fsp3) is 0.500. The van der Waals surface area contributed by atoms with E-state index in [9.17, 15) is 4.79 Å². The van der Waals surface area contributed by atoms with Gasteiger partial charge in [0.05, 0.1) is 22.3 Å². The van der Waals surface area contributed by atoms with Gasteiger partial charge >= 0.3 is 0 Å². The minimum absolute atomic E-state index is 0.0230. The van der Waals surface area contributed by atoms with Gasteiger partial charge in [-0.25, -0.2) is 4.98 Å². The predicted octanol–water partition coefficient (Wildman–Crippen LogP) is 3.87. The van der Waals surface area contributed by atoms with Gasteiger partial charge in [-0.2, -0.15) is 0 Å². The van der Waals surface area contributed by atoms with Crippen LogP contribution in [0.25, 0.3) is 22.4 Å². The van der Waals surface area contributed by atoms with E-state index >= 15 is 0 Å². The summed E-state index contributed by atoms with van der Waals surface area (Å²) in [5.41, 5.74) is 3.24. The minimum atomic E-state index is 0.0230. The zero-order valence-corrected chi connectivity index (χ0v) is 17.5. The number of aryl methyl sites for hydroxylation is 3. The molecule has 3 aromatic heterocycles. The number of fused-ring (bicyclic) bond motifs is 1. The van der Waals surface area contributed by atoms with Gasteiger partial charge in [0.2, 0.25) is 0 Å². The molecular weight excluding hydrogens is 368 g/mol. The third kappa shape index (κ3) is 3.79. The highest BCUT2D eigenvalue weighted by Crippen LogP contribution is 2.32. The fourth-order valence-electron chi connectivity index (χ4n) is 4.23. The zero-order chi connectivity index (χ0) is 20.5. The lowest BCUT2D eigenvalue weighted by atomic mass is 9.93. The first-order valence-electron chi connectivity index (χ1n) is 10.3. The number of furan rings is 1. The molecule has 1 aliphatic heterocycles. The van der Waals surface area contributed by atoms with Crippen molar-refractivity contribution in [3.8, 4) is 11.3 Å². The monoisotopic (exact) mass is 396 g/mol. The van der Waals surface area contributed by atoms with Crippen LogP contribution in [0.4, 0.5) is 0 Å². The number of nitrogens with zero attached hydrogens (tertiary/aromatic N) is 3. The summed E-state index contributed by atoms with van der Waals surface area (Å²) in [5.74, 6) is 2.28. The smallest absolute Gasteiger partial charge is 0.259 e. The summed E-state index contributed by atoms with van der Waals surface area (Å²) in [6.45, 7) is 8.23. The standard InChI is InChI=1S/C22H28N4O3/c1-13-11-17(15(3)28-13)19-12-18(20-14(2)25-29-21(20)24-19)22(27)26-9-6-16(7-10-26)5-8-23-4/h11-12,16,23H,5-10H2,1-4H3. The Morgan fingerprint density at radius 1 is 1.24 bits per heavy atom. The molecule has 1 saturated heterocycles. The van der Waals surface area contributed by atoms with Crippen LogP contribution < -0.4 is 5.32 Å². The molecule has 0 aliphatic carbocycles. The molecule has 0 aromatic carbocycles. The number of carbonyl (C=O) groups is 1. The van der Waals surface area contributed by atoms with Crippen LogP contribution in [0.3, 0.4) is 0 Å². The molecule has 1 aliphatic rings. The van der Waals surface area contributed by atoms with Gasteiger partial charge in [-0.15, -0.1) is 0 Å². The number of hydrogen-bond acceptors (Lipinski definition) is 6. The average molecular weight is 396 g/mol. The van der Waals surface area contributed by atoms with Gasteiger partial charge in [0.25, 0.3) is 11.6 Å². The van der Waals surface area contributed by atoms with Gasteiger partial charge in [-0.1, -0.05) is 5.16 Å². The lowest BCUT2D eigenvalue weighted by Crippen LogP contribution is -2.39. The van der Waals surface area contributed by atoms with E-state index in [-0.39, 0.29) is 5.91 Å². The first-order valence-corrected chi connectivity index (χ1v) is 10.3. The zero-order valence-electron chi connectivity index (χ0n) is 17.5.